The number of carbonyl (C=O) groups is 1. The molecule has 1 aromatic carbocycles. The van der Waals surface area contributed by atoms with Crippen LogP contribution in [0.5, 0.6) is 5.75 Å². The molecule has 1 saturated heterocycles. The summed E-state index contributed by atoms with van der Waals surface area (Å²) in [4.78, 5) is 26.1. The second kappa shape index (κ2) is 10.5. The monoisotopic (exact) mass is 414 g/mol. The van der Waals surface area contributed by atoms with Crippen LogP contribution in [0, 0.1) is 12.7 Å². The number of aromatic nitrogens is 2. The van der Waals surface area contributed by atoms with E-state index in [0.717, 1.165) is 43.9 Å². The van der Waals surface area contributed by atoms with Crippen molar-refractivity contribution in [2.24, 2.45) is 0 Å². The number of likely N-dealkylation sites (tertiary alicyclic amines) is 1. The Bertz CT molecular complexity index is 840. The molecule has 1 fully saturated rings. The zero-order chi connectivity index (χ0) is 21.5. The maximum atomic E-state index is 13.0. The second-order valence-electron chi connectivity index (χ2n) is 7.55. The van der Waals surface area contributed by atoms with Crippen LogP contribution in [0.1, 0.15) is 61.0 Å². The minimum absolute atomic E-state index is 0.0164. The van der Waals surface area contributed by atoms with Crippen molar-refractivity contribution in [2.75, 3.05) is 32.8 Å². The van der Waals surface area contributed by atoms with Crippen LogP contribution in [0.2, 0.25) is 0 Å². The van der Waals surface area contributed by atoms with Crippen LogP contribution in [0.15, 0.2) is 30.5 Å². The molecule has 0 radical (unpaired) electrons. The molecular weight excluding hydrogens is 383 g/mol. The first kappa shape index (κ1) is 22.2. The molecule has 162 valence electrons. The first-order valence-corrected chi connectivity index (χ1v) is 10.8. The molecule has 0 saturated carbocycles. The summed E-state index contributed by atoms with van der Waals surface area (Å²) in [6, 6.07) is 6.20. The second-order valence-corrected chi connectivity index (χ2v) is 7.55. The number of halogens is 1. The van der Waals surface area contributed by atoms with Gasteiger partial charge in [-0.25, -0.2) is 14.4 Å². The zero-order valence-electron chi connectivity index (χ0n) is 18.1. The SMILES string of the molecule is CCN(CC)C(=O)c1cnc([C@H]2CCCCN2CCOc2ccc(F)cc2)nc1C. The molecule has 0 N–H and O–H groups in total. The highest BCUT2D eigenvalue weighted by molar-refractivity contribution is 5.94. The normalized spacial score (nSPS) is 17.0. The molecule has 1 aromatic heterocycles. The number of benzene rings is 1. The first-order chi connectivity index (χ1) is 14.5. The van der Waals surface area contributed by atoms with Gasteiger partial charge in [0.25, 0.3) is 5.91 Å². The lowest BCUT2D eigenvalue weighted by atomic mass is 10.0. The molecule has 1 aliphatic rings. The molecule has 1 amide bonds. The minimum Gasteiger partial charge on any atom is -0.492 e. The van der Waals surface area contributed by atoms with E-state index in [4.69, 9.17) is 9.72 Å². The molecule has 1 atom stereocenters. The Labute approximate surface area is 178 Å². The minimum atomic E-state index is -0.270. The van der Waals surface area contributed by atoms with Crippen molar-refractivity contribution in [2.45, 2.75) is 46.1 Å². The Kier molecular flexibility index (Phi) is 7.74. The summed E-state index contributed by atoms with van der Waals surface area (Å²) in [7, 11) is 0. The summed E-state index contributed by atoms with van der Waals surface area (Å²) in [5.41, 5.74) is 1.30. The molecule has 7 heteroatoms. The Morgan fingerprint density at radius 3 is 2.63 bits per heavy atom. The quantitative estimate of drug-likeness (QED) is 0.653. The predicted octanol–water partition coefficient (Wildman–Crippen LogP) is 4.01. The molecule has 0 spiro atoms. The van der Waals surface area contributed by atoms with E-state index in [-0.39, 0.29) is 17.8 Å². The van der Waals surface area contributed by atoms with E-state index in [0.29, 0.717) is 31.0 Å². The highest BCUT2D eigenvalue weighted by Crippen LogP contribution is 2.29. The van der Waals surface area contributed by atoms with Crippen molar-refractivity contribution < 1.29 is 13.9 Å². The number of nitrogens with zero attached hydrogens (tertiary/aromatic N) is 4. The molecule has 1 aliphatic heterocycles. The predicted molar refractivity (Wildman–Crippen MR) is 114 cm³/mol. The van der Waals surface area contributed by atoms with Gasteiger partial charge in [0, 0.05) is 25.8 Å². The van der Waals surface area contributed by atoms with Gasteiger partial charge in [0.2, 0.25) is 0 Å². The van der Waals surface area contributed by atoms with E-state index < -0.39 is 0 Å². The Morgan fingerprint density at radius 2 is 1.97 bits per heavy atom. The lowest BCUT2D eigenvalue weighted by molar-refractivity contribution is 0.0770. The van der Waals surface area contributed by atoms with E-state index in [9.17, 15) is 9.18 Å². The van der Waals surface area contributed by atoms with Gasteiger partial charge in [-0.1, -0.05) is 6.42 Å². The summed E-state index contributed by atoms with van der Waals surface area (Å²) in [6.45, 7) is 9.37. The van der Waals surface area contributed by atoms with E-state index in [2.05, 4.69) is 9.88 Å². The number of hydrogen-bond acceptors (Lipinski definition) is 5. The van der Waals surface area contributed by atoms with Gasteiger partial charge >= 0.3 is 0 Å². The molecule has 30 heavy (non-hydrogen) atoms. The third kappa shape index (κ3) is 5.33. The van der Waals surface area contributed by atoms with Gasteiger partial charge in [0.05, 0.1) is 17.3 Å². The average Bonchev–Trinajstić information content (AvgIpc) is 2.76. The van der Waals surface area contributed by atoms with Gasteiger partial charge in [0.1, 0.15) is 24.0 Å². The van der Waals surface area contributed by atoms with E-state index >= 15 is 0 Å². The van der Waals surface area contributed by atoms with Crippen LogP contribution in [-0.4, -0.2) is 58.5 Å². The van der Waals surface area contributed by atoms with Crippen LogP contribution in [-0.2, 0) is 0 Å². The third-order valence-corrected chi connectivity index (χ3v) is 5.65. The Balaban J connectivity index is 1.67. The summed E-state index contributed by atoms with van der Waals surface area (Å²) in [6.07, 6.45) is 4.92. The molecule has 2 aromatic rings. The van der Waals surface area contributed by atoms with Crippen molar-refractivity contribution in [3.8, 4) is 5.75 Å². The smallest absolute Gasteiger partial charge is 0.257 e. The Hall–Kier alpha value is -2.54. The maximum absolute atomic E-state index is 13.0. The number of ether oxygens (including phenoxy) is 1. The molecule has 2 heterocycles. The largest absolute Gasteiger partial charge is 0.492 e. The number of hydrogen-bond donors (Lipinski definition) is 0. The van der Waals surface area contributed by atoms with Crippen molar-refractivity contribution >= 4 is 5.91 Å². The van der Waals surface area contributed by atoms with Gasteiger partial charge in [0.15, 0.2) is 0 Å². The van der Waals surface area contributed by atoms with Gasteiger partial charge in [-0.05, 0) is 64.4 Å². The number of aryl methyl sites for hydroxylation is 1. The summed E-state index contributed by atoms with van der Waals surface area (Å²) < 4.78 is 18.8. The molecule has 0 bridgehead atoms. The maximum Gasteiger partial charge on any atom is 0.257 e. The van der Waals surface area contributed by atoms with Crippen molar-refractivity contribution in [1.29, 1.82) is 0 Å². The van der Waals surface area contributed by atoms with Crippen LogP contribution < -0.4 is 4.74 Å². The highest BCUT2D eigenvalue weighted by atomic mass is 19.1. The number of carbonyl (C=O) groups excluding carboxylic acids is 1. The van der Waals surface area contributed by atoms with Crippen LogP contribution in [0.4, 0.5) is 4.39 Å². The number of piperidine rings is 1. The van der Waals surface area contributed by atoms with Gasteiger partial charge < -0.3 is 9.64 Å². The zero-order valence-corrected chi connectivity index (χ0v) is 18.1. The summed E-state index contributed by atoms with van der Waals surface area (Å²) in [5.74, 6) is 1.15. The lowest BCUT2D eigenvalue weighted by Crippen LogP contribution is -2.37. The lowest BCUT2D eigenvalue weighted by Gasteiger charge is -2.34. The standard InChI is InChI=1S/C23H31FN4O2/c1-4-27(5-2)23(29)20-16-25-22(26-17(20)3)21-8-6-7-13-28(21)14-15-30-19-11-9-18(24)10-12-19/h9-12,16,21H,4-8,13-15H2,1-3H3/t21-/m1/s1. The average molecular weight is 415 g/mol. The van der Waals surface area contributed by atoms with E-state index in [1.54, 1.807) is 23.2 Å². The number of rotatable bonds is 8. The fraction of sp³-hybridized carbons (Fsp3) is 0.522. The first-order valence-electron chi connectivity index (χ1n) is 10.8. The van der Waals surface area contributed by atoms with E-state index in [1.807, 2.05) is 20.8 Å². The highest BCUT2D eigenvalue weighted by Gasteiger charge is 2.27. The van der Waals surface area contributed by atoms with Gasteiger partial charge in [-0.2, -0.15) is 0 Å². The summed E-state index contributed by atoms with van der Waals surface area (Å²) >= 11 is 0. The molecular formula is C23H31FN4O2. The molecule has 0 unspecified atom stereocenters. The Morgan fingerprint density at radius 1 is 1.23 bits per heavy atom. The van der Waals surface area contributed by atoms with Crippen molar-refractivity contribution in [1.82, 2.24) is 19.8 Å². The summed E-state index contributed by atoms with van der Waals surface area (Å²) in [5, 5.41) is 0. The fourth-order valence-electron chi connectivity index (χ4n) is 3.90. The third-order valence-electron chi connectivity index (χ3n) is 5.65. The van der Waals surface area contributed by atoms with Crippen LogP contribution in [0.25, 0.3) is 0 Å². The van der Waals surface area contributed by atoms with E-state index in [1.165, 1.54) is 12.1 Å². The molecule has 0 aliphatic carbocycles. The van der Waals surface area contributed by atoms with Gasteiger partial charge in [-0.15, -0.1) is 0 Å². The van der Waals surface area contributed by atoms with Crippen LogP contribution >= 0.6 is 0 Å². The fourth-order valence-corrected chi connectivity index (χ4v) is 3.90. The van der Waals surface area contributed by atoms with Crippen LogP contribution in [0.3, 0.4) is 0 Å². The molecule has 6 nitrogen and oxygen atoms in total. The topological polar surface area (TPSA) is 58.6 Å². The van der Waals surface area contributed by atoms with Gasteiger partial charge in [-0.3, -0.25) is 9.69 Å². The number of amides is 1. The van der Waals surface area contributed by atoms with Crippen molar-refractivity contribution in [3.63, 3.8) is 0 Å². The van der Waals surface area contributed by atoms with Crippen molar-refractivity contribution in [3.05, 3.63) is 53.4 Å². The molecule has 3 rings (SSSR count).